The Morgan fingerprint density at radius 1 is 1.21 bits per heavy atom. The Morgan fingerprint density at radius 3 is 2.50 bits per heavy atom. The molecule has 5 nitrogen and oxygen atoms in total. The summed E-state index contributed by atoms with van der Waals surface area (Å²) in [4.78, 5) is 18.2. The first-order chi connectivity index (χ1) is 13.2. The van der Waals surface area contributed by atoms with E-state index in [1.54, 1.807) is 24.3 Å². The highest BCUT2D eigenvalue weighted by Gasteiger charge is 2.31. The Kier molecular flexibility index (Phi) is 5.76. The Bertz CT molecular complexity index is 805. The van der Waals surface area contributed by atoms with Crippen LogP contribution in [0.5, 0.6) is 5.75 Å². The second-order valence-electron chi connectivity index (χ2n) is 7.00. The summed E-state index contributed by atoms with van der Waals surface area (Å²) in [7, 11) is 0. The Morgan fingerprint density at radius 2 is 1.93 bits per heavy atom. The third-order valence-electron chi connectivity index (χ3n) is 4.41. The van der Waals surface area contributed by atoms with Crippen LogP contribution in [0.25, 0.3) is 0 Å². The van der Waals surface area contributed by atoms with Crippen molar-refractivity contribution in [2.45, 2.75) is 38.6 Å². The van der Waals surface area contributed by atoms with Crippen molar-refractivity contribution in [1.82, 2.24) is 10.3 Å². The normalized spacial score (nSPS) is 17.1. The summed E-state index contributed by atoms with van der Waals surface area (Å²) < 4.78 is 43.5. The van der Waals surface area contributed by atoms with Gasteiger partial charge >= 0.3 is 6.18 Å². The summed E-state index contributed by atoms with van der Waals surface area (Å²) in [5.41, 5.74) is -0.243. The number of anilines is 1. The predicted molar refractivity (Wildman–Crippen MR) is 99.5 cm³/mol. The van der Waals surface area contributed by atoms with E-state index in [0.29, 0.717) is 36.6 Å². The molecule has 0 saturated carbocycles. The molecule has 1 unspecified atom stereocenters. The number of amides is 1. The molecule has 1 aliphatic rings. The van der Waals surface area contributed by atoms with E-state index in [-0.39, 0.29) is 18.1 Å². The number of nitrogens with zero attached hydrogens (tertiary/aromatic N) is 2. The zero-order chi connectivity index (χ0) is 20.3. The van der Waals surface area contributed by atoms with Crippen LogP contribution >= 0.6 is 0 Å². The van der Waals surface area contributed by atoms with Crippen LogP contribution in [0, 0.1) is 0 Å². The zero-order valence-corrected chi connectivity index (χ0v) is 15.7. The van der Waals surface area contributed by atoms with Gasteiger partial charge in [0.05, 0.1) is 11.7 Å². The summed E-state index contributed by atoms with van der Waals surface area (Å²) in [6.45, 7) is 4.97. The standard InChI is InChI=1S/C20H22F3N3O2/c1-13(2)28-17-6-3-14(4-7-17)19(27)25-16-9-10-26(12-16)18-8-5-15(11-24-18)20(21,22)23/h3-8,11,13,16H,9-10,12H2,1-2H3,(H,25,27). The Balaban J connectivity index is 1.56. The lowest BCUT2D eigenvalue weighted by Crippen LogP contribution is -2.37. The average molecular weight is 393 g/mol. The molecule has 0 spiro atoms. The molecule has 1 aromatic heterocycles. The number of carbonyl (C=O) groups excluding carboxylic acids is 1. The van der Waals surface area contributed by atoms with E-state index in [2.05, 4.69) is 10.3 Å². The number of aromatic nitrogens is 1. The number of pyridine rings is 1. The highest BCUT2D eigenvalue weighted by Crippen LogP contribution is 2.30. The molecule has 1 amide bonds. The quantitative estimate of drug-likeness (QED) is 0.837. The van der Waals surface area contributed by atoms with Crippen LogP contribution in [0.3, 0.4) is 0 Å². The molecule has 1 aliphatic heterocycles. The molecule has 1 saturated heterocycles. The van der Waals surface area contributed by atoms with Gasteiger partial charge in [-0.15, -0.1) is 0 Å². The average Bonchev–Trinajstić information content (AvgIpc) is 3.09. The Labute approximate surface area is 161 Å². The van der Waals surface area contributed by atoms with Crippen molar-refractivity contribution in [2.24, 2.45) is 0 Å². The van der Waals surface area contributed by atoms with E-state index in [1.807, 2.05) is 18.7 Å². The maximum Gasteiger partial charge on any atom is 0.417 e. The third kappa shape index (κ3) is 4.94. The van der Waals surface area contributed by atoms with Crippen LogP contribution in [0.2, 0.25) is 0 Å². The molecule has 8 heteroatoms. The fourth-order valence-electron chi connectivity index (χ4n) is 3.05. The lowest BCUT2D eigenvalue weighted by atomic mass is 10.2. The first kappa shape index (κ1) is 20.0. The van der Waals surface area contributed by atoms with Crippen LogP contribution in [0.15, 0.2) is 42.6 Å². The second-order valence-corrected chi connectivity index (χ2v) is 7.00. The molecule has 2 aromatic rings. The molecule has 3 rings (SSSR count). The molecular formula is C20H22F3N3O2. The highest BCUT2D eigenvalue weighted by molar-refractivity contribution is 5.94. The number of ether oxygens (including phenoxy) is 1. The van der Waals surface area contributed by atoms with E-state index in [0.717, 1.165) is 12.3 Å². The van der Waals surface area contributed by atoms with Crippen molar-refractivity contribution in [1.29, 1.82) is 0 Å². The molecule has 1 atom stereocenters. The summed E-state index contributed by atoms with van der Waals surface area (Å²) >= 11 is 0. The number of carbonyl (C=O) groups is 1. The van der Waals surface area contributed by atoms with E-state index in [4.69, 9.17) is 4.74 Å². The van der Waals surface area contributed by atoms with Crippen molar-refractivity contribution < 1.29 is 22.7 Å². The topological polar surface area (TPSA) is 54.5 Å². The minimum Gasteiger partial charge on any atom is -0.491 e. The SMILES string of the molecule is CC(C)Oc1ccc(C(=O)NC2CCN(c3ccc(C(F)(F)F)cn3)C2)cc1. The van der Waals surface area contributed by atoms with Gasteiger partial charge in [0.25, 0.3) is 5.91 Å². The number of halogens is 3. The smallest absolute Gasteiger partial charge is 0.417 e. The van der Waals surface area contributed by atoms with E-state index >= 15 is 0 Å². The van der Waals surface area contributed by atoms with Crippen molar-refractivity contribution in [3.8, 4) is 5.75 Å². The molecule has 28 heavy (non-hydrogen) atoms. The van der Waals surface area contributed by atoms with Gasteiger partial charge < -0.3 is 15.0 Å². The second kappa shape index (κ2) is 8.08. The van der Waals surface area contributed by atoms with Crippen molar-refractivity contribution in [3.63, 3.8) is 0 Å². The van der Waals surface area contributed by atoms with Gasteiger partial charge in [0.1, 0.15) is 11.6 Å². The number of benzene rings is 1. The zero-order valence-electron chi connectivity index (χ0n) is 15.7. The molecular weight excluding hydrogens is 371 g/mol. The summed E-state index contributed by atoms with van der Waals surface area (Å²) in [5.74, 6) is 0.982. The molecule has 0 radical (unpaired) electrons. The summed E-state index contributed by atoms with van der Waals surface area (Å²) in [6, 6.07) is 9.21. The minimum atomic E-state index is -4.40. The minimum absolute atomic E-state index is 0.0583. The number of hydrogen-bond donors (Lipinski definition) is 1. The largest absolute Gasteiger partial charge is 0.491 e. The molecule has 1 N–H and O–H groups in total. The fraction of sp³-hybridized carbons (Fsp3) is 0.400. The van der Waals surface area contributed by atoms with Gasteiger partial charge in [-0.1, -0.05) is 0 Å². The Hall–Kier alpha value is -2.77. The van der Waals surface area contributed by atoms with Gasteiger partial charge in [-0.3, -0.25) is 4.79 Å². The van der Waals surface area contributed by atoms with Crippen LogP contribution in [0.4, 0.5) is 19.0 Å². The number of nitrogens with one attached hydrogen (secondary N) is 1. The number of alkyl halides is 3. The molecule has 0 aliphatic carbocycles. The third-order valence-corrected chi connectivity index (χ3v) is 4.41. The van der Waals surface area contributed by atoms with E-state index in [1.165, 1.54) is 6.07 Å². The van der Waals surface area contributed by atoms with Crippen LogP contribution in [0.1, 0.15) is 36.2 Å². The monoisotopic (exact) mass is 393 g/mol. The van der Waals surface area contributed by atoms with Crippen molar-refractivity contribution in [2.75, 3.05) is 18.0 Å². The molecule has 150 valence electrons. The van der Waals surface area contributed by atoms with Crippen LogP contribution in [-0.2, 0) is 6.18 Å². The molecule has 0 bridgehead atoms. The molecule has 1 fully saturated rings. The summed E-state index contributed by atoms with van der Waals surface area (Å²) in [6.07, 6.45) is -2.81. The number of hydrogen-bond acceptors (Lipinski definition) is 4. The predicted octanol–water partition coefficient (Wildman–Crippen LogP) is 3.90. The maximum absolute atomic E-state index is 12.6. The number of rotatable bonds is 5. The van der Waals surface area contributed by atoms with Crippen LogP contribution in [-0.4, -0.2) is 36.1 Å². The van der Waals surface area contributed by atoms with Gasteiger partial charge in [-0.25, -0.2) is 4.98 Å². The van der Waals surface area contributed by atoms with Gasteiger partial charge in [0.2, 0.25) is 0 Å². The van der Waals surface area contributed by atoms with Gasteiger partial charge in [-0.2, -0.15) is 13.2 Å². The van der Waals surface area contributed by atoms with Crippen LogP contribution < -0.4 is 15.0 Å². The first-order valence-electron chi connectivity index (χ1n) is 9.08. The maximum atomic E-state index is 12.6. The van der Waals surface area contributed by atoms with Crippen molar-refractivity contribution >= 4 is 11.7 Å². The van der Waals surface area contributed by atoms with E-state index < -0.39 is 11.7 Å². The van der Waals surface area contributed by atoms with Gasteiger partial charge in [0, 0.05) is 30.9 Å². The molecule has 1 aromatic carbocycles. The molecule has 2 heterocycles. The van der Waals surface area contributed by atoms with Crippen molar-refractivity contribution in [3.05, 3.63) is 53.7 Å². The van der Waals surface area contributed by atoms with E-state index in [9.17, 15) is 18.0 Å². The van der Waals surface area contributed by atoms with Gasteiger partial charge in [-0.05, 0) is 56.7 Å². The lowest BCUT2D eigenvalue weighted by Gasteiger charge is -2.18. The highest BCUT2D eigenvalue weighted by atomic mass is 19.4. The van der Waals surface area contributed by atoms with Gasteiger partial charge in [0.15, 0.2) is 0 Å². The lowest BCUT2D eigenvalue weighted by molar-refractivity contribution is -0.137. The summed E-state index contributed by atoms with van der Waals surface area (Å²) in [5, 5.41) is 2.96. The first-order valence-corrected chi connectivity index (χ1v) is 9.08. The fourth-order valence-corrected chi connectivity index (χ4v) is 3.05.